The lowest BCUT2D eigenvalue weighted by molar-refractivity contribution is -0.118. The fourth-order valence-electron chi connectivity index (χ4n) is 5.70. The SMILES string of the molecule is CS(=O)(=O)c1ccc([C@@H](CC2CCCC2)C(=O)Nc2cnc(OCCCOCc3ccccc3OCc3ccccc3)cn2)cc1Cl. The molecule has 1 atom stereocenters. The van der Waals surface area contributed by atoms with Crippen LogP contribution in [0.3, 0.4) is 0 Å². The van der Waals surface area contributed by atoms with Crippen LogP contribution in [-0.4, -0.2) is 43.8 Å². The Balaban J connectivity index is 1.08. The highest BCUT2D eigenvalue weighted by Gasteiger charge is 2.28. The number of carbonyl (C=O) groups is 1. The van der Waals surface area contributed by atoms with E-state index in [1.54, 1.807) is 12.1 Å². The molecule has 1 aromatic heterocycles. The molecule has 0 unspecified atom stereocenters. The molecule has 0 saturated heterocycles. The maximum Gasteiger partial charge on any atom is 0.233 e. The van der Waals surface area contributed by atoms with Gasteiger partial charge in [-0.1, -0.05) is 91.9 Å². The molecule has 0 bridgehead atoms. The van der Waals surface area contributed by atoms with E-state index in [1.807, 2.05) is 54.6 Å². The van der Waals surface area contributed by atoms with Crippen LogP contribution in [0.5, 0.6) is 11.6 Å². The highest BCUT2D eigenvalue weighted by Crippen LogP contribution is 2.36. The van der Waals surface area contributed by atoms with E-state index in [0.29, 0.717) is 62.4 Å². The number of hydrogen-bond donors (Lipinski definition) is 1. The van der Waals surface area contributed by atoms with Crippen LogP contribution in [0.25, 0.3) is 0 Å². The van der Waals surface area contributed by atoms with Gasteiger partial charge < -0.3 is 19.5 Å². The number of nitrogens with zero attached hydrogens (tertiary/aromatic N) is 2. The molecule has 9 nitrogen and oxygen atoms in total. The van der Waals surface area contributed by atoms with Crippen LogP contribution in [-0.2, 0) is 32.6 Å². The molecule has 1 amide bonds. The first-order valence-corrected chi connectivity index (χ1v) is 18.1. The quantitative estimate of drug-likeness (QED) is 0.122. The van der Waals surface area contributed by atoms with E-state index in [1.165, 1.54) is 18.5 Å². The van der Waals surface area contributed by atoms with Gasteiger partial charge in [0.2, 0.25) is 11.8 Å². The van der Waals surface area contributed by atoms with E-state index in [-0.39, 0.29) is 15.8 Å². The van der Waals surface area contributed by atoms with Crippen LogP contribution in [0, 0.1) is 5.92 Å². The van der Waals surface area contributed by atoms with Crippen molar-refractivity contribution in [3.8, 4) is 11.6 Å². The molecule has 1 fully saturated rings. The Morgan fingerprint density at radius 3 is 2.43 bits per heavy atom. The summed E-state index contributed by atoms with van der Waals surface area (Å²) in [6.45, 7) is 1.80. The van der Waals surface area contributed by atoms with Crippen molar-refractivity contribution in [1.29, 1.82) is 0 Å². The highest BCUT2D eigenvalue weighted by molar-refractivity contribution is 7.90. The number of aromatic nitrogens is 2. The first kappa shape index (κ1) is 34.3. The van der Waals surface area contributed by atoms with Gasteiger partial charge in [0.25, 0.3) is 0 Å². The largest absolute Gasteiger partial charge is 0.489 e. The molecule has 47 heavy (non-hydrogen) atoms. The van der Waals surface area contributed by atoms with Crippen molar-refractivity contribution in [3.63, 3.8) is 0 Å². The number of halogens is 1. The van der Waals surface area contributed by atoms with Crippen LogP contribution in [0.15, 0.2) is 90.1 Å². The lowest BCUT2D eigenvalue weighted by atomic mass is 9.87. The average Bonchev–Trinajstić information content (AvgIpc) is 3.59. The van der Waals surface area contributed by atoms with Crippen LogP contribution in [0.4, 0.5) is 5.82 Å². The van der Waals surface area contributed by atoms with Crippen molar-refractivity contribution < 1.29 is 27.4 Å². The van der Waals surface area contributed by atoms with Gasteiger partial charge in [0.05, 0.1) is 48.1 Å². The summed E-state index contributed by atoms with van der Waals surface area (Å²) in [7, 11) is -3.48. The van der Waals surface area contributed by atoms with Crippen LogP contribution < -0.4 is 14.8 Å². The number of anilines is 1. The molecule has 1 heterocycles. The number of sulfone groups is 1. The van der Waals surface area contributed by atoms with Gasteiger partial charge >= 0.3 is 0 Å². The van der Waals surface area contributed by atoms with Crippen LogP contribution in [0.2, 0.25) is 5.02 Å². The summed E-state index contributed by atoms with van der Waals surface area (Å²) >= 11 is 6.33. The van der Waals surface area contributed by atoms with Gasteiger partial charge in [0.1, 0.15) is 12.4 Å². The molecule has 0 spiro atoms. The number of amides is 1. The summed E-state index contributed by atoms with van der Waals surface area (Å²) in [5, 5.41) is 2.98. The minimum absolute atomic E-state index is 0.0467. The number of hydrogen-bond acceptors (Lipinski definition) is 8. The van der Waals surface area contributed by atoms with Gasteiger partial charge in [-0.2, -0.15) is 0 Å². The number of ether oxygens (including phenoxy) is 3. The maximum atomic E-state index is 13.5. The Hall–Kier alpha value is -3.99. The number of benzene rings is 3. The molecular formula is C36H40ClN3O6S. The monoisotopic (exact) mass is 677 g/mol. The van der Waals surface area contributed by atoms with Crippen molar-refractivity contribution in [2.45, 2.75) is 62.6 Å². The van der Waals surface area contributed by atoms with Gasteiger partial charge in [0, 0.05) is 18.2 Å². The average molecular weight is 678 g/mol. The standard InChI is InChI=1S/C36H40ClN3O6S/c1-47(42,43)33-17-16-28(21-31(33)37)30(20-26-10-5-6-11-26)36(41)40-34-22-39-35(23-38-34)45-19-9-18-44-25-29-14-7-8-15-32(29)46-24-27-12-3-2-4-13-27/h2-4,7-8,12-17,21-23,26,30H,5-6,9-11,18-20,24-25H2,1H3,(H,38,40,41)/t30-/m1/s1. The molecule has 1 aliphatic rings. The molecule has 3 aromatic carbocycles. The van der Waals surface area contributed by atoms with Crippen molar-refractivity contribution in [3.05, 3.63) is 107 Å². The molecule has 1 aliphatic carbocycles. The summed E-state index contributed by atoms with van der Waals surface area (Å²) in [4.78, 5) is 22.2. The first-order chi connectivity index (χ1) is 22.8. The van der Waals surface area contributed by atoms with Crippen molar-refractivity contribution in [2.75, 3.05) is 24.8 Å². The summed E-state index contributed by atoms with van der Waals surface area (Å²) in [6, 6.07) is 22.6. The van der Waals surface area contributed by atoms with E-state index < -0.39 is 15.8 Å². The molecule has 0 aliphatic heterocycles. The third-order valence-electron chi connectivity index (χ3n) is 8.15. The molecule has 1 N–H and O–H groups in total. The van der Waals surface area contributed by atoms with E-state index >= 15 is 0 Å². The Morgan fingerprint density at radius 2 is 1.70 bits per heavy atom. The lowest BCUT2D eigenvalue weighted by Gasteiger charge is -2.21. The van der Waals surface area contributed by atoms with Gasteiger partial charge in [-0.15, -0.1) is 0 Å². The van der Waals surface area contributed by atoms with E-state index in [4.69, 9.17) is 25.8 Å². The summed E-state index contributed by atoms with van der Waals surface area (Å²) in [6.07, 6.45) is 9.75. The summed E-state index contributed by atoms with van der Waals surface area (Å²) < 4.78 is 41.7. The minimum atomic E-state index is -3.48. The molecule has 11 heteroatoms. The Kier molecular flexibility index (Phi) is 12.2. The molecule has 1 saturated carbocycles. The molecule has 248 valence electrons. The number of rotatable bonds is 16. The van der Waals surface area contributed by atoms with Gasteiger partial charge in [0.15, 0.2) is 15.7 Å². The Labute approximate surface area is 281 Å². The molecule has 0 radical (unpaired) electrons. The topological polar surface area (TPSA) is 117 Å². The predicted octanol–water partition coefficient (Wildman–Crippen LogP) is 7.40. The molecule has 4 aromatic rings. The summed E-state index contributed by atoms with van der Waals surface area (Å²) in [5.74, 6) is 1.10. The second-order valence-corrected chi connectivity index (χ2v) is 14.2. The number of nitrogens with one attached hydrogen (secondary N) is 1. The minimum Gasteiger partial charge on any atom is -0.489 e. The summed E-state index contributed by atoms with van der Waals surface area (Å²) in [5.41, 5.74) is 2.75. The first-order valence-electron chi connectivity index (χ1n) is 15.8. The third kappa shape index (κ3) is 10.2. The van der Waals surface area contributed by atoms with Gasteiger partial charge in [-0.3, -0.25) is 4.79 Å². The smallest absolute Gasteiger partial charge is 0.233 e. The van der Waals surface area contributed by atoms with Crippen molar-refractivity contribution in [2.24, 2.45) is 5.92 Å². The zero-order chi connectivity index (χ0) is 33.1. The van der Waals surface area contributed by atoms with Crippen molar-refractivity contribution in [1.82, 2.24) is 9.97 Å². The van der Waals surface area contributed by atoms with Gasteiger partial charge in [-0.05, 0) is 41.7 Å². The fourth-order valence-corrected chi connectivity index (χ4v) is 7.03. The van der Waals surface area contributed by atoms with E-state index in [2.05, 4.69) is 15.3 Å². The Bertz CT molecular complexity index is 1710. The fraction of sp³-hybridized carbons (Fsp3) is 0.361. The van der Waals surface area contributed by atoms with E-state index in [0.717, 1.165) is 48.8 Å². The molecular weight excluding hydrogens is 638 g/mol. The number of carbonyl (C=O) groups excluding carboxylic acids is 1. The van der Waals surface area contributed by atoms with Crippen molar-refractivity contribution >= 4 is 33.2 Å². The van der Waals surface area contributed by atoms with E-state index in [9.17, 15) is 13.2 Å². The van der Waals surface area contributed by atoms with Gasteiger partial charge in [-0.25, -0.2) is 18.4 Å². The lowest BCUT2D eigenvalue weighted by Crippen LogP contribution is -2.24. The maximum absolute atomic E-state index is 13.5. The van der Waals surface area contributed by atoms with Crippen LogP contribution >= 0.6 is 11.6 Å². The zero-order valence-corrected chi connectivity index (χ0v) is 28.0. The third-order valence-corrected chi connectivity index (χ3v) is 9.73. The highest BCUT2D eigenvalue weighted by atomic mass is 35.5. The molecule has 5 rings (SSSR count). The van der Waals surface area contributed by atoms with Crippen LogP contribution in [0.1, 0.15) is 61.1 Å². The second kappa shape index (κ2) is 16.7. The zero-order valence-electron chi connectivity index (χ0n) is 26.4. The number of para-hydroxylation sites is 1. The predicted molar refractivity (Wildman–Crippen MR) is 182 cm³/mol. The Morgan fingerprint density at radius 1 is 0.936 bits per heavy atom. The second-order valence-electron chi connectivity index (χ2n) is 11.8. The normalized spacial score (nSPS) is 14.1.